The summed E-state index contributed by atoms with van der Waals surface area (Å²) in [5, 5.41) is 2.89. The van der Waals surface area contributed by atoms with E-state index >= 15 is 0 Å². The van der Waals surface area contributed by atoms with Crippen molar-refractivity contribution in [2.75, 3.05) is 7.11 Å². The minimum absolute atomic E-state index is 0.363. The van der Waals surface area contributed by atoms with Gasteiger partial charge in [0.15, 0.2) is 5.58 Å². The van der Waals surface area contributed by atoms with Crippen molar-refractivity contribution >= 4 is 29.1 Å². The Bertz CT molecular complexity index is 762. The maximum Gasteiger partial charge on any atom is 0.354 e. The maximum atomic E-state index is 11.5. The van der Waals surface area contributed by atoms with Crippen molar-refractivity contribution in [3.63, 3.8) is 0 Å². The molecule has 0 spiro atoms. The van der Waals surface area contributed by atoms with Crippen molar-refractivity contribution in [1.29, 1.82) is 0 Å². The fourth-order valence-electron chi connectivity index (χ4n) is 1.74. The third-order valence-electron chi connectivity index (χ3n) is 2.68. The summed E-state index contributed by atoms with van der Waals surface area (Å²) in [5.41, 5.74) is 9.62. The molecule has 102 valence electrons. The molecule has 8 nitrogen and oxygen atoms in total. The molecule has 8 heteroatoms. The van der Waals surface area contributed by atoms with E-state index in [9.17, 15) is 9.59 Å². The number of furan rings is 1. The van der Waals surface area contributed by atoms with Gasteiger partial charge in [0.05, 0.1) is 12.6 Å². The normalized spacial score (nSPS) is 10.7. The summed E-state index contributed by atoms with van der Waals surface area (Å²) in [6.07, 6.45) is 2.48. The molecular weight excluding hydrogens is 264 g/mol. The highest BCUT2D eigenvalue weighted by Gasteiger charge is 2.16. The number of amides is 1. The molecule has 2 heterocycles. The molecule has 0 N–H and O–H groups in total. The number of fused-ring (bicyclic) bond motifs is 1. The van der Waals surface area contributed by atoms with Crippen LogP contribution in [0.3, 0.4) is 0 Å². The number of carbonyl (C=O) groups is 2. The van der Waals surface area contributed by atoms with Crippen LogP contribution in [0.2, 0.25) is 0 Å². The number of aromatic nitrogens is 1. The quantitative estimate of drug-likeness (QED) is 0.281. The van der Waals surface area contributed by atoms with E-state index in [4.69, 9.17) is 9.95 Å². The first-order valence-corrected chi connectivity index (χ1v) is 5.51. The number of methoxy groups -OCH3 is 1. The zero-order valence-electron chi connectivity index (χ0n) is 10.7. The van der Waals surface area contributed by atoms with Crippen LogP contribution in [-0.2, 0) is 16.6 Å². The number of nitrogens with zero attached hydrogens (tertiary/aromatic N) is 4. The standard InChI is InChI=1S/C12H10N4O4/c1-16-8-5-7(3-4-11(17)14-15-13)20-10(8)6-9(16)12(18)19-2/h3-6H,1-2H3. The number of azide groups is 1. The van der Waals surface area contributed by atoms with Crippen LogP contribution in [0.4, 0.5) is 0 Å². The second-order valence-corrected chi connectivity index (χ2v) is 3.84. The molecular formula is C12H10N4O4. The van der Waals surface area contributed by atoms with Gasteiger partial charge in [-0.15, -0.1) is 0 Å². The van der Waals surface area contributed by atoms with Crippen molar-refractivity contribution in [3.05, 3.63) is 40.1 Å². The fraction of sp³-hybridized carbons (Fsp3) is 0.167. The Hall–Kier alpha value is -2.99. The van der Waals surface area contributed by atoms with Crippen LogP contribution in [0.25, 0.3) is 27.6 Å². The second-order valence-electron chi connectivity index (χ2n) is 3.84. The summed E-state index contributed by atoms with van der Waals surface area (Å²) in [4.78, 5) is 24.9. The number of aryl methyl sites for hydroxylation is 1. The first-order valence-electron chi connectivity index (χ1n) is 5.51. The van der Waals surface area contributed by atoms with Crippen LogP contribution in [0.5, 0.6) is 0 Å². The van der Waals surface area contributed by atoms with E-state index in [0.29, 0.717) is 22.6 Å². The zero-order chi connectivity index (χ0) is 14.7. The van der Waals surface area contributed by atoms with Crippen molar-refractivity contribution in [2.24, 2.45) is 12.2 Å². The lowest BCUT2D eigenvalue weighted by atomic mass is 10.4. The van der Waals surface area contributed by atoms with Gasteiger partial charge in [0.2, 0.25) is 5.91 Å². The molecule has 0 bridgehead atoms. The van der Waals surface area contributed by atoms with Gasteiger partial charge >= 0.3 is 5.97 Å². The van der Waals surface area contributed by atoms with E-state index in [1.165, 1.54) is 13.2 Å². The Morgan fingerprint density at radius 1 is 1.50 bits per heavy atom. The van der Waals surface area contributed by atoms with Crippen LogP contribution >= 0.6 is 0 Å². The van der Waals surface area contributed by atoms with Gasteiger partial charge in [-0.1, -0.05) is 0 Å². The van der Waals surface area contributed by atoms with Crippen LogP contribution in [0, 0.1) is 0 Å². The Balaban J connectivity index is 2.34. The smallest absolute Gasteiger partial charge is 0.354 e. The van der Waals surface area contributed by atoms with Crippen molar-refractivity contribution in [2.45, 2.75) is 0 Å². The fourth-order valence-corrected chi connectivity index (χ4v) is 1.74. The van der Waals surface area contributed by atoms with E-state index in [-0.39, 0.29) is 0 Å². The highest BCUT2D eigenvalue weighted by molar-refractivity contribution is 5.95. The molecule has 0 saturated carbocycles. The molecule has 0 unspecified atom stereocenters. The van der Waals surface area contributed by atoms with Crippen LogP contribution in [0.1, 0.15) is 16.2 Å². The minimum atomic E-state index is -0.719. The predicted molar refractivity (Wildman–Crippen MR) is 69.7 cm³/mol. The minimum Gasteiger partial charge on any atom is -0.464 e. The average molecular weight is 274 g/mol. The van der Waals surface area contributed by atoms with Crippen molar-refractivity contribution in [1.82, 2.24) is 4.57 Å². The molecule has 0 saturated heterocycles. The summed E-state index contributed by atoms with van der Waals surface area (Å²) < 4.78 is 11.7. The number of hydrogen-bond acceptors (Lipinski definition) is 4. The number of carbonyl (C=O) groups excluding carboxylic acids is 2. The van der Waals surface area contributed by atoms with Crippen molar-refractivity contribution in [3.8, 4) is 0 Å². The summed E-state index contributed by atoms with van der Waals surface area (Å²) in [6, 6.07) is 3.20. The van der Waals surface area contributed by atoms with Gasteiger partial charge in [-0.05, 0) is 22.8 Å². The lowest BCUT2D eigenvalue weighted by Crippen LogP contribution is -2.06. The molecule has 20 heavy (non-hydrogen) atoms. The van der Waals surface area contributed by atoms with Gasteiger partial charge in [-0.25, -0.2) is 4.79 Å². The average Bonchev–Trinajstić information content (AvgIpc) is 2.96. The summed E-state index contributed by atoms with van der Waals surface area (Å²) in [6.45, 7) is 0. The number of ether oxygens (including phenoxy) is 1. The first-order chi connectivity index (χ1) is 9.56. The monoisotopic (exact) mass is 274 g/mol. The SMILES string of the molecule is COC(=O)c1cc2oc(C=CC(=O)N=[N+]=[N-])cc2n1C. The third kappa shape index (κ3) is 2.40. The molecule has 2 aromatic heterocycles. The van der Waals surface area contributed by atoms with Gasteiger partial charge in [-0.2, -0.15) is 0 Å². The van der Waals surface area contributed by atoms with E-state index in [0.717, 1.165) is 6.08 Å². The predicted octanol–water partition coefficient (Wildman–Crippen LogP) is 2.41. The molecule has 0 aliphatic rings. The molecule has 2 rings (SSSR count). The van der Waals surface area contributed by atoms with Crippen molar-refractivity contribution < 1.29 is 18.7 Å². The third-order valence-corrected chi connectivity index (χ3v) is 2.68. The number of hydrogen-bond donors (Lipinski definition) is 0. The van der Waals surface area contributed by atoms with Gasteiger partial charge in [0, 0.05) is 24.1 Å². The van der Waals surface area contributed by atoms with E-state index in [1.807, 2.05) is 0 Å². The Morgan fingerprint density at radius 2 is 2.25 bits per heavy atom. The summed E-state index contributed by atoms with van der Waals surface area (Å²) in [5.74, 6) is -0.777. The van der Waals surface area contributed by atoms with Gasteiger partial charge in [-0.3, -0.25) is 4.79 Å². The van der Waals surface area contributed by atoms with E-state index in [1.54, 1.807) is 23.7 Å². The second kappa shape index (κ2) is 5.33. The van der Waals surface area contributed by atoms with Gasteiger partial charge in [0.1, 0.15) is 11.5 Å². The van der Waals surface area contributed by atoms with Crippen LogP contribution < -0.4 is 0 Å². The summed E-state index contributed by atoms with van der Waals surface area (Å²) in [7, 11) is 3.00. The Kier molecular flexibility index (Phi) is 3.58. The van der Waals surface area contributed by atoms with Gasteiger partial charge in [0.25, 0.3) is 0 Å². The number of rotatable bonds is 3. The lowest BCUT2D eigenvalue weighted by Gasteiger charge is -1.99. The number of esters is 1. The largest absolute Gasteiger partial charge is 0.464 e. The topological polar surface area (TPSA) is 110 Å². The molecule has 0 atom stereocenters. The molecule has 1 amide bonds. The van der Waals surface area contributed by atoms with Crippen LogP contribution in [-0.4, -0.2) is 23.6 Å². The Labute approximate surface area is 112 Å². The maximum absolute atomic E-state index is 11.5. The molecule has 0 aromatic carbocycles. The van der Waals surface area contributed by atoms with Crippen LogP contribution in [0.15, 0.2) is 27.7 Å². The van der Waals surface area contributed by atoms with E-state index < -0.39 is 11.9 Å². The Morgan fingerprint density at radius 3 is 2.85 bits per heavy atom. The zero-order valence-corrected chi connectivity index (χ0v) is 10.7. The molecule has 0 radical (unpaired) electrons. The molecule has 0 aliphatic heterocycles. The molecule has 0 fully saturated rings. The molecule has 2 aromatic rings. The van der Waals surface area contributed by atoms with E-state index in [2.05, 4.69) is 14.8 Å². The lowest BCUT2D eigenvalue weighted by molar-refractivity contribution is -0.113. The molecule has 0 aliphatic carbocycles. The first kappa shape index (κ1) is 13.4. The van der Waals surface area contributed by atoms with Gasteiger partial charge < -0.3 is 13.7 Å². The highest BCUT2D eigenvalue weighted by atomic mass is 16.5. The summed E-state index contributed by atoms with van der Waals surface area (Å²) >= 11 is 0. The highest BCUT2D eigenvalue weighted by Crippen LogP contribution is 2.24.